The van der Waals surface area contributed by atoms with Crippen molar-refractivity contribution < 1.29 is 14.0 Å². The zero-order valence-electron chi connectivity index (χ0n) is 15.4. The van der Waals surface area contributed by atoms with E-state index in [0.29, 0.717) is 41.0 Å². The van der Waals surface area contributed by atoms with Crippen molar-refractivity contribution in [2.24, 2.45) is 0 Å². The maximum Gasteiger partial charge on any atom is 0.326 e. The van der Waals surface area contributed by atoms with Crippen molar-refractivity contribution in [1.82, 2.24) is 15.2 Å². The van der Waals surface area contributed by atoms with E-state index in [1.165, 1.54) is 17.5 Å². The fraction of sp³-hybridized carbons (Fsp3) is 0.200. The van der Waals surface area contributed by atoms with Crippen LogP contribution in [-0.4, -0.2) is 34.9 Å². The summed E-state index contributed by atoms with van der Waals surface area (Å²) in [6, 6.07) is 12.7. The monoisotopic (exact) mass is 407 g/mol. The molecule has 0 saturated carbocycles. The second-order valence-electron chi connectivity index (χ2n) is 6.39. The highest BCUT2D eigenvalue weighted by molar-refractivity contribution is 7.17. The zero-order chi connectivity index (χ0) is 20.2. The molecule has 0 spiro atoms. The van der Waals surface area contributed by atoms with E-state index < -0.39 is 0 Å². The van der Waals surface area contributed by atoms with E-state index in [4.69, 9.17) is 4.42 Å². The third-order valence-electron chi connectivity index (χ3n) is 4.55. The van der Waals surface area contributed by atoms with E-state index >= 15 is 0 Å². The molecule has 2 aromatic heterocycles. The second-order valence-corrected chi connectivity index (χ2v) is 7.40. The highest BCUT2D eigenvalue weighted by Crippen LogP contribution is 2.27. The van der Waals surface area contributed by atoms with Gasteiger partial charge in [-0.05, 0) is 23.8 Å². The number of hydrogen-bond acceptors (Lipinski definition) is 6. The molecule has 3 amide bonds. The van der Waals surface area contributed by atoms with Gasteiger partial charge in [0, 0.05) is 19.6 Å². The van der Waals surface area contributed by atoms with E-state index in [1.54, 1.807) is 40.3 Å². The molecule has 1 aliphatic heterocycles. The highest BCUT2D eigenvalue weighted by Gasteiger charge is 2.32. The van der Waals surface area contributed by atoms with Gasteiger partial charge in [-0.2, -0.15) is 5.26 Å². The summed E-state index contributed by atoms with van der Waals surface area (Å²) < 4.78 is 5.19. The summed E-state index contributed by atoms with van der Waals surface area (Å²) in [6.07, 6.45) is 3.02. The van der Waals surface area contributed by atoms with Crippen LogP contribution in [0.4, 0.5) is 9.93 Å². The van der Waals surface area contributed by atoms with Gasteiger partial charge in [0.05, 0.1) is 30.6 Å². The molecule has 9 heteroatoms. The standard InChI is InChI=1S/C20H17N5O3S/c21-10-14-4-1-2-5-15(14)13-24-7-8-25(20(24)27)19-23-12-17(29-19)18(26)22-11-16-6-3-9-28-16/h1-6,9,12H,7-8,11,13H2,(H,22,26). The van der Waals surface area contributed by atoms with Crippen LogP contribution in [-0.2, 0) is 13.1 Å². The number of hydrogen-bond donors (Lipinski definition) is 1. The zero-order valence-corrected chi connectivity index (χ0v) is 16.2. The SMILES string of the molecule is N#Cc1ccccc1CN1CCN(c2ncc(C(=O)NCc3ccco3)s2)C1=O. The maximum absolute atomic E-state index is 12.8. The summed E-state index contributed by atoms with van der Waals surface area (Å²) in [6.45, 7) is 1.65. The lowest BCUT2D eigenvalue weighted by Crippen LogP contribution is -2.31. The number of anilines is 1. The highest BCUT2D eigenvalue weighted by atomic mass is 32.1. The number of urea groups is 1. The molecule has 0 atom stereocenters. The lowest BCUT2D eigenvalue weighted by Gasteiger charge is -2.17. The summed E-state index contributed by atoms with van der Waals surface area (Å²) in [7, 11) is 0. The predicted molar refractivity (Wildman–Crippen MR) is 106 cm³/mol. The van der Waals surface area contributed by atoms with E-state index in [0.717, 1.165) is 5.56 Å². The molecule has 1 fully saturated rings. The van der Waals surface area contributed by atoms with Crippen molar-refractivity contribution in [1.29, 1.82) is 5.26 Å². The van der Waals surface area contributed by atoms with Crippen molar-refractivity contribution in [2.75, 3.05) is 18.0 Å². The summed E-state index contributed by atoms with van der Waals surface area (Å²) in [5.74, 6) is 0.391. The lowest BCUT2D eigenvalue weighted by molar-refractivity contribution is 0.0952. The topological polar surface area (TPSA) is 102 Å². The Morgan fingerprint density at radius 3 is 2.93 bits per heavy atom. The largest absolute Gasteiger partial charge is 0.467 e. The number of amides is 3. The molecule has 0 bridgehead atoms. The van der Waals surface area contributed by atoms with Crippen molar-refractivity contribution in [3.05, 3.63) is 70.6 Å². The first-order chi connectivity index (χ1) is 14.2. The number of rotatable bonds is 6. The van der Waals surface area contributed by atoms with Crippen molar-refractivity contribution in [3.8, 4) is 6.07 Å². The predicted octanol–water partition coefficient (Wildman–Crippen LogP) is 2.98. The molecule has 29 heavy (non-hydrogen) atoms. The first-order valence-corrected chi connectivity index (χ1v) is 9.78. The van der Waals surface area contributed by atoms with Crippen LogP contribution in [0.1, 0.15) is 26.6 Å². The average molecular weight is 407 g/mol. The van der Waals surface area contributed by atoms with E-state index in [2.05, 4.69) is 16.4 Å². The third-order valence-corrected chi connectivity index (χ3v) is 5.56. The summed E-state index contributed by atoms with van der Waals surface area (Å²) in [4.78, 5) is 33.0. The van der Waals surface area contributed by atoms with Crippen LogP contribution in [0, 0.1) is 11.3 Å². The van der Waals surface area contributed by atoms with Gasteiger partial charge in [-0.3, -0.25) is 9.69 Å². The molecule has 3 heterocycles. The molecular formula is C20H17N5O3S. The minimum Gasteiger partial charge on any atom is -0.467 e. The van der Waals surface area contributed by atoms with Gasteiger partial charge in [0.15, 0.2) is 5.13 Å². The first kappa shape index (κ1) is 18.7. The molecule has 0 aliphatic carbocycles. The maximum atomic E-state index is 12.8. The molecule has 0 radical (unpaired) electrons. The number of nitrogens with one attached hydrogen (secondary N) is 1. The molecular weight excluding hydrogens is 390 g/mol. The van der Waals surface area contributed by atoms with Gasteiger partial charge in [0.2, 0.25) is 0 Å². The van der Waals surface area contributed by atoms with Crippen LogP contribution in [0.5, 0.6) is 0 Å². The number of benzene rings is 1. The Morgan fingerprint density at radius 1 is 1.28 bits per heavy atom. The average Bonchev–Trinajstić information content (AvgIpc) is 3.49. The van der Waals surface area contributed by atoms with Crippen LogP contribution in [0.2, 0.25) is 0 Å². The summed E-state index contributed by atoms with van der Waals surface area (Å²) in [5, 5.41) is 12.5. The minimum absolute atomic E-state index is 0.186. The van der Waals surface area contributed by atoms with Gasteiger partial charge in [-0.1, -0.05) is 29.5 Å². The Balaban J connectivity index is 1.40. The fourth-order valence-electron chi connectivity index (χ4n) is 3.04. The van der Waals surface area contributed by atoms with Crippen LogP contribution < -0.4 is 10.2 Å². The van der Waals surface area contributed by atoms with Gasteiger partial charge >= 0.3 is 6.03 Å². The van der Waals surface area contributed by atoms with Gasteiger partial charge in [-0.15, -0.1) is 0 Å². The molecule has 1 aromatic carbocycles. The molecule has 1 saturated heterocycles. The summed E-state index contributed by atoms with van der Waals surface area (Å²) in [5.41, 5.74) is 1.37. The quantitative estimate of drug-likeness (QED) is 0.677. The van der Waals surface area contributed by atoms with Crippen molar-refractivity contribution in [2.45, 2.75) is 13.1 Å². The van der Waals surface area contributed by atoms with E-state index in [9.17, 15) is 14.9 Å². The molecule has 1 N–H and O–H groups in total. The fourth-order valence-corrected chi connectivity index (χ4v) is 3.89. The Hall–Kier alpha value is -3.64. The molecule has 1 aliphatic rings. The normalized spacial score (nSPS) is 13.6. The van der Waals surface area contributed by atoms with Crippen LogP contribution >= 0.6 is 11.3 Å². The van der Waals surface area contributed by atoms with Crippen LogP contribution in [0.15, 0.2) is 53.3 Å². The number of carbonyl (C=O) groups excluding carboxylic acids is 2. The molecule has 4 rings (SSSR count). The smallest absolute Gasteiger partial charge is 0.326 e. The first-order valence-electron chi connectivity index (χ1n) is 8.96. The third kappa shape index (κ3) is 3.97. The minimum atomic E-state index is -0.267. The molecule has 8 nitrogen and oxygen atoms in total. The molecule has 146 valence electrons. The Morgan fingerprint density at radius 2 is 2.14 bits per heavy atom. The summed E-state index contributed by atoms with van der Waals surface area (Å²) >= 11 is 1.17. The number of furan rings is 1. The Labute approximate surface area is 171 Å². The van der Waals surface area contributed by atoms with Gasteiger partial charge in [0.1, 0.15) is 10.6 Å². The number of nitriles is 1. The lowest BCUT2D eigenvalue weighted by atomic mass is 10.1. The Kier molecular flexibility index (Phi) is 5.27. The van der Waals surface area contributed by atoms with Gasteiger partial charge < -0.3 is 14.6 Å². The second kappa shape index (κ2) is 8.16. The Bertz CT molecular complexity index is 1070. The number of carbonyl (C=O) groups is 2. The molecule has 3 aromatic rings. The van der Waals surface area contributed by atoms with Crippen molar-refractivity contribution >= 4 is 28.4 Å². The van der Waals surface area contributed by atoms with E-state index in [-0.39, 0.29) is 18.5 Å². The number of nitrogens with zero attached hydrogens (tertiary/aromatic N) is 4. The van der Waals surface area contributed by atoms with Gasteiger partial charge in [0.25, 0.3) is 5.91 Å². The van der Waals surface area contributed by atoms with Gasteiger partial charge in [-0.25, -0.2) is 9.78 Å². The van der Waals surface area contributed by atoms with Crippen molar-refractivity contribution in [3.63, 3.8) is 0 Å². The van der Waals surface area contributed by atoms with E-state index in [1.807, 2.05) is 12.1 Å². The number of thiazole rings is 1. The van der Waals surface area contributed by atoms with Crippen LogP contribution in [0.25, 0.3) is 0 Å². The number of aromatic nitrogens is 1. The molecule has 0 unspecified atom stereocenters. The van der Waals surface area contributed by atoms with Crippen LogP contribution in [0.3, 0.4) is 0 Å².